The fraction of sp³-hybridized carbons (Fsp3) is 0.0526. The molecule has 2 amide bonds. The number of carbonyl (C=O) groups excluding carboxylic acids is 2. The van der Waals surface area contributed by atoms with Gasteiger partial charge in [0.25, 0.3) is 11.8 Å². The predicted octanol–water partition coefficient (Wildman–Crippen LogP) is 3.41. The smallest absolute Gasteiger partial charge is 0.261 e. The quantitative estimate of drug-likeness (QED) is 0.549. The number of carbonyl (C=O) groups is 2. The minimum atomic E-state index is -0.266. The summed E-state index contributed by atoms with van der Waals surface area (Å²) in [6.45, 7) is 3.84. The Morgan fingerprint density at radius 3 is 2.30 bits per heavy atom. The first-order valence-corrected chi connectivity index (χ1v) is 7.38. The number of rotatable bonds is 3. The number of imide groups is 1. The molecule has 2 heterocycles. The van der Waals surface area contributed by atoms with E-state index in [0.717, 1.165) is 16.5 Å². The Balaban J connectivity index is 2.04. The molecule has 0 radical (unpaired) electrons. The maximum absolute atomic E-state index is 12.7. The van der Waals surface area contributed by atoms with E-state index in [0.29, 0.717) is 11.1 Å². The van der Waals surface area contributed by atoms with Gasteiger partial charge < -0.3 is 4.57 Å². The number of hydrogen-bond donors (Lipinski definition) is 0. The molecular weight excluding hydrogens is 288 g/mol. The minimum absolute atomic E-state index is 0.215. The summed E-state index contributed by atoms with van der Waals surface area (Å²) in [5.41, 5.74) is 2.08. The van der Waals surface area contributed by atoms with Crippen molar-refractivity contribution in [1.82, 2.24) is 9.47 Å². The molecule has 0 atom stereocenters. The van der Waals surface area contributed by atoms with E-state index in [1.54, 1.807) is 18.2 Å². The molecule has 0 fully saturated rings. The van der Waals surface area contributed by atoms with E-state index in [1.165, 1.54) is 4.90 Å². The van der Waals surface area contributed by atoms with E-state index in [2.05, 4.69) is 6.58 Å². The molecule has 0 spiro atoms. The second-order valence-corrected chi connectivity index (χ2v) is 5.46. The molecule has 4 heteroatoms. The van der Waals surface area contributed by atoms with Crippen molar-refractivity contribution in [3.05, 3.63) is 78.6 Å². The normalized spacial score (nSPS) is 13.7. The van der Waals surface area contributed by atoms with Crippen LogP contribution in [0.15, 0.2) is 67.5 Å². The molecule has 3 aromatic rings. The fourth-order valence-electron chi connectivity index (χ4n) is 3.15. The third kappa shape index (κ3) is 1.85. The number of benzene rings is 2. The van der Waals surface area contributed by atoms with Crippen molar-refractivity contribution in [3.8, 4) is 5.69 Å². The Morgan fingerprint density at radius 2 is 1.61 bits per heavy atom. The molecule has 0 N–H and O–H groups in total. The molecule has 1 aliphatic rings. The van der Waals surface area contributed by atoms with Crippen LogP contribution < -0.4 is 0 Å². The van der Waals surface area contributed by atoms with Gasteiger partial charge in [-0.1, -0.05) is 18.2 Å². The molecule has 1 aliphatic heterocycles. The number of amides is 2. The highest BCUT2D eigenvalue weighted by molar-refractivity contribution is 6.26. The first-order chi connectivity index (χ1) is 11.2. The minimum Gasteiger partial charge on any atom is -0.323 e. The van der Waals surface area contributed by atoms with Gasteiger partial charge in [0.2, 0.25) is 0 Å². The van der Waals surface area contributed by atoms with Gasteiger partial charge in [-0.15, -0.1) is 6.58 Å². The predicted molar refractivity (Wildman–Crippen MR) is 88.8 cm³/mol. The fourth-order valence-corrected chi connectivity index (χ4v) is 3.15. The Kier molecular flexibility index (Phi) is 2.91. The van der Waals surface area contributed by atoms with Gasteiger partial charge >= 0.3 is 0 Å². The lowest BCUT2D eigenvalue weighted by Gasteiger charge is -2.27. The van der Waals surface area contributed by atoms with Crippen LogP contribution in [-0.4, -0.2) is 27.8 Å². The van der Waals surface area contributed by atoms with Gasteiger partial charge in [-0.05, 0) is 30.3 Å². The zero-order valence-electron chi connectivity index (χ0n) is 12.4. The van der Waals surface area contributed by atoms with Gasteiger partial charge in [0.05, 0.1) is 5.69 Å². The molecule has 0 aliphatic carbocycles. The molecule has 112 valence electrons. The highest BCUT2D eigenvalue weighted by Crippen LogP contribution is 2.33. The van der Waals surface area contributed by atoms with E-state index in [4.69, 9.17) is 0 Å². The van der Waals surface area contributed by atoms with Crippen LogP contribution in [0.3, 0.4) is 0 Å². The third-order valence-corrected chi connectivity index (χ3v) is 4.16. The summed E-state index contributed by atoms with van der Waals surface area (Å²) >= 11 is 0. The summed E-state index contributed by atoms with van der Waals surface area (Å²) in [4.78, 5) is 26.5. The first-order valence-electron chi connectivity index (χ1n) is 7.38. The summed E-state index contributed by atoms with van der Waals surface area (Å²) < 4.78 is 1.98. The largest absolute Gasteiger partial charge is 0.323 e. The van der Waals surface area contributed by atoms with Crippen LogP contribution in [0.25, 0.3) is 16.5 Å². The lowest BCUT2D eigenvalue weighted by atomic mass is 9.93. The lowest BCUT2D eigenvalue weighted by molar-refractivity contribution is 0.0629. The summed E-state index contributed by atoms with van der Waals surface area (Å²) in [5.74, 6) is -0.532. The molecule has 4 rings (SSSR count). The molecule has 0 unspecified atom stereocenters. The number of aromatic nitrogens is 1. The second kappa shape index (κ2) is 4.95. The molecule has 0 saturated heterocycles. The average Bonchev–Trinajstić information content (AvgIpc) is 3.10. The van der Waals surface area contributed by atoms with Crippen LogP contribution in [0, 0.1) is 0 Å². The summed E-state index contributed by atoms with van der Waals surface area (Å²) in [6, 6.07) is 13.2. The lowest BCUT2D eigenvalue weighted by Crippen LogP contribution is -2.40. The van der Waals surface area contributed by atoms with E-state index in [9.17, 15) is 9.59 Å². The molecule has 0 saturated carbocycles. The van der Waals surface area contributed by atoms with Gasteiger partial charge in [0, 0.05) is 40.8 Å². The maximum atomic E-state index is 12.7. The van der Waals surface area contributed by atoms with Crippen LogP contribution in [0.2, 0.25) is 0 Å². The Morgan fingerprint density at radius 1 is 0.913 bits per heavy atom. The van der Waals surface area contributed by atoms with E-state index >= 15 is 0 Å². The van der Waals surface area contributed by atoms with Gasteiger partial charge in [-0.25, -0.2) is 0 Å². The topological polar surface area (TPSA) is 42.3 Å². The van der Waals surface area contributed by atoms with Gasteiger partial charge in [-0.3, -0.25) is 14.5 Å². The number of nitrogens with zero attached hydrogens (tertiary/aromatic N) is 2. The molecule has 4 nitrogen and oxygen atoms in total. The van der Waals surface area contributed by atoms with Crippen LogP contribution >= 0.6 is 0 Å². The van der Waals surface area contributed by atoms with Gasteiger partial charge in [0.1, 0.15) is 0 Å². The van der Waals surface area contributed by atoms with Crippen molar-refractivity contribution in [3.63, 3.8) is 0 Å². The molecule has 23 heavy (non-hydrogen) atoms. The Labute approximate surface area is 133 Å². The van der Waals surface area contributed by atoms with E-state index < -0.39 is 0 Å². The molecule has 2 aromatic carbocycles. The monoisotopic (exact) mass is 302 g/mol. The molecular formula is C19H14N2O2. The van der Waals surface area contributed by atoms with Crippen molar-refractivity contribution in [2.75, 3.05) is 6.54 Å². The Hall–Kier alpha value is -3.14. The van der Waals surface area contributed by atoms with Crippen molar-refractivity contribution >= 4 is 22.6 Å². The zero-order valence-corrected chi connectivity index (χ0v) is 12.4. The van der Waals surface area contributed by atoms with Crippen molar-refractivity contribution < 1.29 is 9.59 Å². The van der Waals surface area contributed by atoms with Crippen LogP contribution in [-0.2, 0) is 0 Å². The summed E-state index contributed by atoms with van der Waals surface area (Å²) in [6.07, 6.45) is 5.45. The van der Waals surface area contributed by atoms with Crippen LogP contribution in [0.4, 0.5) is 0 Å². The molecule has 1 aromatic heterocycles. The number of hydrogen-bond acceptors (Lipinski definition) is 2. The van der Waals surface area contributed by atoms with Gasteiger partial charge in [-0.2, -0.15) is 0 Å². The van der Waals surface area contributed by atoms with Crippen LogP contribution in [0.5, 0.6) is 0 Å². The van der Waals surface area contributed by atoms with Crippen molar-refractivity contribution in [1.29, 1.82) is 0 Å². The molecule has 0 bridgehead atoms. The average molecular weight is 302 g/mol. The Bertz CT molecular complexity index is 933. The summed E-state index contributed by atoms with van der Waals surface area (Å²) in [7, 11) is 0. The zero-order chi connectivity index (χ0) is 16.0. The maximum Gasteiger partial charge on any atom is 0.261 e. The van der Waals surface area contributed by atoms with E-state index in [-0.39, 0.29) is 18.4 Å². The van der Waals surface area contributed by atoms with Crippen molar-refractivity contribution in [2.45, 2.75) is 0 Å². The van der Waals surface area contributed by atoms with E-state index in [1.807, 2.05) is 47.3 Å². The van der Waals surface area contributed by atoms with Crippen molar-refractivity contribution in [2.24, 2.45) is 0 Å². The third-order valence-electron chi connectivity index (χ3n) is 4.16. The first kappa shape index (κ1) is 13.5. The highest BCUT2D eigenvalue weighted by atomic mass is 16.2. The van der Waals surface area contributed by atoms with Gasteiger partial charge in [0.15, 0.2) is 0 Å². The second-order valence-electron chi connectivity index (χ2n) is 5.46. The summed E-state index contributed by atoms with van der Waals surface area (Å²) in [5, 5.41) is 1.63. The standard InChI is InChI=1S/C19H14N2O2/c1-2-10-21-18(22)14-7-5-6-13-16(20-11-3-4-12-20)9-8-15(17(13)14)19(21)23/h2-9,11-12H,1,10H2. The SMILES string of the molecule is C=CCN1C(=O)c2cccc3c(-n4cccc4)ccc(c23)C1=O. The highest BCUT2D eigenvalue weighted by Gasteiger charge is 2.32. The van der Waals surface area contributed by atoms with Crippen LogP contribution in [0.1, 0.15) is 20.7 Å².